The second-order valence-electron chi connectivity index (χ2n) is 5.59. The van der Waals surface area contributed by atoms with Gasteiger partial charge in [0.2, 0.25) is 0 Å². The smallest absolute Gasteiger partial charge is 0.254 e. The summed E-state index contributed by atoms with van der Waals surface area (Å²) in [4.78, 5) is 20.1. The Hall–Kier alpha value is -2.54. The number of amides is 1. The minimum atomic E-state index is -0.651. The minimum Gasteiger partial charge on any atom is -0.484 e. The van der Waals surface area contributed by atoms with E-state index in [2.05, 4.69) is 15.3 Å². The highest BCUT2D eigenvalue weighted by atomic mass is 19.1. The van der Waals surface area contributed by atoms with Crippen LogP contribution in [0.15, 0.2) is 36.8 Å². The molecule has 2 atom stereocenters. The molecule has 2 aromatic heterocycles. The first-order valence-electron chi connectivity index (χ1n) is 7.71. The molecule has 2 aromatic rings. The lowest BCUT2D eigenvalue weighted by molar-refractivity contribution is -0.0136. The second-order valence-corrected chi connectivity index (χ2v) is 5.59. The fourth-order valence-electron chi connectivity index (χ4n) is 2.50. The largest absolute Gasteiger partial charge is 0.484 e. The van der Waals surface area contributed by atoms with E-state index in [1.165, 1.54) is 12.3 Å². The molecule has 0 bridgehead atoms. The van der Waals surface area contributed by atoms with Crippen LogP contribution in [-0.4, -0.2) is 41.2 Å². The number of nitrogens with zero attached hydrogens (tertiary/aromatic N) is 2. The van der Waals surface area contributed by atoms with Gasteiger partial charge in [0.25, 0.3) is 5.91 Å². The average Bonchev–Trinajstić information content (AvgIpc) is 2.59. The standard InChI is InChI=1S/C17H18FN3O3/c1-11-2-3-12(8-20-11)24-16-10-23-7-5-15(16)21-17(22)13-4-6-19-9-14(13)18/h2-4,6,8-9,15-16H,5,7,10H2,1H3,(H,21,22)/t15-,16+/m0/s1. The van der Waals surface area contributed by atoms with E-state index in [-0.39, 0.29) is 17.7 Å². The lowest BCUT2D eigenvalue weighted by atomic mass is 10.1. The van der Waals surface area contributed by atoms with Crippen molar-refractivity contribution >= 4 is 5.91 Å². The molecule has 0 spiro atoms. The maximum absolute atomic E-state index is 13.7. The molecular weight excluding hydrogens is 313 g/mol. The molecule has 126 valence electrons. The van der Waals surface area contributed by atoms with Gasteiger partial charge in [-0.3, -0.25) is 14.8 Å². The van der Waals surface area contributed by atoms with Crippen molar-refractivity contribution in [2.75, 3.05) is 13.2 Å². The SMILES string of the molecule is Cc1ccc(O[C@@H]2COCC[C@@H]2NC(=O)c2ccncc2F)cn1. The summed E-state index contributed by atoms with van der Waals surface area (Å²) in [6.07, 6.45) is 4.25. The molecule has 7 heteroatoms. The van der Waals surface area contributed by atoms with E-state index < -0.39 is 11.7 Å². The molecule has 1 saturated heterocycles. The fourth-order valence-corrected chi connectivity index (χ4v) is 2.50. The summed E-state index contributed by atoms with van der Waals surface area (Å²) >= 11 is 0. The molecule has 6 nitrogen and oxygen atoms in total. The molecule has 0 aliphatic carbocycles. The number of halogens is 1. The molecule has 0 saturated carbocycles. The van der Waals surface area contributed by atoms with Crippen LogP contribution in [0.3, 0.4) is 0 Å². The summed E-state index contributed by atoms with van der Waals surface area (Å²) < 4.78 is 25.0. The van der Waals surface area contributed by atoms with Crippen molar-refractivity contribution < 1.29 is 18.7 Å². The summed E-state index contributed by atoms with van der Waals surface area (Å²) in [5.41, 5.74) is 0.854. The summed E-state index contributed by atoms with van der Waals surface area (Å²) in [5.74, 6) is -0.537. The second kappa shape index (κ2) is 7.35. The van der Waals surface area contributed by atoms with Crippen molar-refractivity contribution in [3.05, 3.63) is 53.9 Å². The minimum absolute atomic E-state index is 0.0350. The van der Waals surface area contributed by atoms with E-state index in [9.17, 15) is 9.18 Å². The molecule has 3 heterocycles. The fraction of sp³-hybridized carbons (Fsp3) is 0.353. The number of carbonyl (C=O) groups is 1. The highest BCUT2D eigenvalue weighted by Crippen LogP contribution is 2.18. The van der Waals surface area contributed by atoms with E-state index in [4.69, 9.17) is 9.47 Å². The summed E-state index contributed by atoms with van der Waals surface area (Å²) in [6, 6.07) is 4.74. The predicted octanol–water partition coefficient (Wildman–Crippen LogP) is 1.89. The molecular formula is C17H18FN3O3. The topological polar surface area (TPSA) is 73.3 Å². The van der Waals surface area contributed by atoms with E-state index in [0.717, 1.165) is 11.9 Å². The highest BCUT2D eigenvalue weighted by molar-refractivity contribution is 5.94. The number of carbonyl (C=O) groups excluding carboxylic acids is 1. The van der Waals surface area contributed by atoms with Crippen molar-refractivity contribution in [2.24, 2.45) is 0 Å². The van der Waals surface area contributed by atoms with Gasteiger partial charge in [-0.2, -0.15) is 0 Å². The van der Waals surface area contributed by atoms with Crippen molar-refractivity contribution in [2.45, 2.75) is 25.5 Å². The van der Waals surface area contributed by atoms with Gasteiger partial charge in [-0.1, -0.05) is 0 Å². The number of nitrogens with one attached hydrogen (secondary N) is 1. The van der Waals surface area contributed by atoms with Crippen LogP contribution in [0.2, 0.25) is 0 Å². The Morgan fingerprint density at radius 3 is 3.00 bits per heavy atom. The van der Waals surface area contributed by atoms with Crippen LogP contribution in [0.4, 0.5) is 4.39 Å². The third-order valence-corrected chi connectivity index (χ3v) is 3.81. The first kappa shape index (κ1) is 16.3. The predicted molar refractivity (Wildman–Crippen MR) is 84.3 cm³/mol. The van der Waals surface area contributed by atoms with Gasteiger partial charge < -0.3 is 14.8 Å². The molecule has 1 fully saturated rings. The highest BCUT2D eigenvalue weighted by Gasteiger charge is 2.30. The van der Waals surface area contributed by atoms with Crippen LogP contribution in [0.25, 0.3) is 0 Å². The normalized spacial score (nSPS) is 20.4. The Morgan fingerprint density at radius 2 is 2.25 bits per heavy atom. The molecule has 0 unspecified atom stereocenters. The average molecular weight is 331 g/mol. The van der Waals surface area contributed by atoms with E-state index >= 15 is 0 Å². The van der Waals surface area contributed by atoms with Crippen molar-refractivity contribution in [3.63, 3.8) is 0 Å². The molecule has 1 amide bonds. The van der Waals surface area contributed by atoms with Gasteiger partial charge in [-0.25, -0.2) is 4.39 Å². The van der Waals surface area contributed by atoms with Crippen LogP contribution >= 0.6 is 0 Å². The van der Waals surface area contributed by atoms with Crippen LogP contribution < -0.4 is 10.1 Å². The third-order valence-electron chi connectivity index (χ3n) is 3.81. The quantitative estimate of drug-likeness (QED) is 0.926. The van der Waals surface area contributed by atoms with E-state index in [1.807, 2.05) is 19.1 Å². The maximum atomic E-state index is 13.7. The van der Waals surface area contributed by atoms with Gasteiger partial charge in [-0.05, 0) is 31.5 Å². The number of aromatic nitrogens is 2. The van der Waals surface area contributed by atoms with Crippen LogP contribution in [-0.2, 0) is 4.74 Å². The van der Waals surface area contributed by atoms with Gasteiger partial charge in [0.15, 0.2) is 5.82 Å². The summed E-state index contributed by atoms with van der Waals surface area (Å²) in [6.45, 7) is 2.74. The Bertz CT molecular complexity index is 708. The van der Waals surface area contributed by atoms with Gasteiger partial charge in [0, 0.05) is 18.5 Å². The van der Waals surface area contributed by atoms with Crippen molar-refractivity contribution in [1.82, 2.24) is 15.3 Å². The molecule has 1 aliphatic heterocycles. The molecule has 3 rings (SSSR count). The van der Waals surface area contributed by atoms with Gasteiger partial charge in [-0.15, -0.1) is 0 Å². The zero-order chi connectivity index (χ0) is 16.9. The first-order chi connectivity index (χ1) is 11.6. The van der Waals surface area contributed by atoms with Crippen molar-refractivity contribution in [3.8, 4) is 5.75 Å². The Morgan fingerprint density at radius 1 is 1.38 bits per heavy atom. The van der Waals surface area contributed by atoms with E-state index in [0.29, 0.717) is 25.4 Å². The first-order valence-corrected chi connectivity index (χ1v) is 7.71. The molecule has 24 heavy (non-hydrogen) atoms. The monoisotopic (exact) mass is 331 g/mol. The maximum Gasteiger partial charge on any atom is 0.254 e. The lowest BCUT2D eigenvalue weighted by Crippen LogP contribution is -2.51. The Labute approximate surface area is 139 Å². The zero-order valence-electron chi connectivity index (χ0n) is 13.2. The van der Waals surface area contributed by atoms with Gasteiger partial charge in [0.1, 0.15) is 11.9 Å². The van der Waals surface area contributed by atoms with Crippen LogP contribution in [0.5, 0.6) is 5.75 Å². The summed E-state index contributed by atoms with van der Waals surface area (Å²) in [5, 5.41) is 2.83. The Kier molecular flexibility index (Phi) is 5.00. The number of rotatable bonds is 4. The zero-order valence-corrected chi connectivity index (χ0v) is 13.2. The number of aryl methyl sites for hydroxylation is 1. The number of hydrogen-bond acceptors (Lipinski definition) is 5. The van der Waals surface area contributed by atoms with Crippen LogP contribution in [0.1, 0.15) is 22.5 Å². The third kappa shape index (κ3) is 3.86. The van der Waals surface area contributed by atoms with Crippen molar-refractivity contribution in [1.29, 1.82) is 0 Å². The molecule has 1 aliphatic rings. The van der Waals surface area contributed by atoms with Crippen LogP contribution in [0, 0.1) is 12.7 Å². The number of hydrogen-bond donors (Lipinski definition) is 1. The van der Waals surface area contributed by atoms with Gasteiger partial charge in [0.05, 0.1) is 30.6 Å². The van der Waals surface area contributed by atoms with Gasteiger partial charge >= 0.3 is 0 Å². The molecule has 0 radical (unpaired) electrons. The number of pyridine rings is 2. The lowest BCUT2D eigenvalue weighted by Gasteiger charge is -2.32. The summed E-state index contributed by atoms with van der Waals surface area (Å²) in [7, 11) is 0. The molecule has 0 aromatic carbocycles. The Balaban J connectivity index is 1.69. The molecule has 1 N–H and O–H groups in total. The van der Waals surface area contributed by atoms with E-state index in [1.54, 1.807) is 6.20 Å². The number of ether oxygens (including phenoxy) is 2.